The molecule has 24 heavy (non-hydrogen) atoms. The van der Waals surface area contributed by atoms with E-state index in [-0.39, 0.29) is 17.6 Å². The highest BCUT2D eigenvalue weighted by atomic mass is 16.5. The van der Waals surface area contributed by atoms with Gasteiger partial charge >= 0.3 is 0 Å². The van der Waals surface area contributed by atoms with Crippen molar-refractivity contribution in [2.45, 2.75) is 62.7 Å². The number of amides is 1. The maximum Gasteiger partial charge on any atom is 0.251 e. The molecule has 0 aromatic heterocycles. The zero-order valence-electron chi connectivity index (χ0n) is 14.4. The third kappa shape index (κ3) is 3.35. The van der Waals surface area contributed by atoms with Gasteiger partial charge < -0.3 is 10.1 Å². The van der Waals surface area contributed by atoms with Crippen LogP contribution in [0.1, 0.15) is 55.3 Å². The zero-order chi connectivity index (χ0) is 16.4. The van der Waals surface area contributed by atoms with Gasteiger partial charge in [-0.15, -0.1) is 0 Å². The fourth-order valence-corrected chi connectivity index (χ4v) is 4.40. The minimum Gasteiger partial charge on any atom is -0.369 e. The second kappa shape index (κ2) is 6.85. The molecule has 0 unspecified atom stereocenters. The Morgan fingerprint density at radius 2 is 2.00 bits per heavy atom. The average Bonchev–Trinajstić information content (AvgIpc) is 2.94. The van der Waals surface area contributed by atoms with Gasteiger partial charge in [0.05, 0.1) is 11.7 Å². The molecule has 2 atom stereocenters. The van der Waals surface area contributed by atoms with Crippen LogP contribution in [0.3, 0.4) is 0 Å². The predicted molar refractivity (Wildman–Crippen MR) is 94.1 cm³/mol. The van der Waals surface area contributed by atoms with E-state index in [1.54, 1.807) is 0 Å². The lowest BCUT2D eigenvalue weighted by Gasteiger charge is -2.41. The maximum atomic E-state index is 12.2. The van der Waals surface area contributed by atoms with E-state index < -0.39 is 0 Å². The Bertz CT molecular complexity index is 572. The van der Waals surface area contributed by atoms with Gasteiger partial charge in [0.2, 0.25) is 0 Å². The van der Waals surface area contributed by atoms with Crippen molar-refractivity contribution in [3.63, 3.8) is 0 Å². The lowest BCUT2D eigenvalue weighted by Crippen LogP contribution is -2.48. The summed E-state index contributed by atoms with van der Waals surface area (Å²) in [6, 6.07) is 10.2. The Hall–Kier alpha value is -1.39. The van der Waals surface area contributed by atoms with Gasteiger partial charge in [-0.2, -0.15) is 0 Å². The Morgan fingerprint density at radius 1 is 1.17 bits per heavy atom. The van der Waals surface area contributed by atoms with E-state index in [1.165, 1.54) is 38.6 Å². The highest BCUT2D eigenvalue weighted by Gasteiger charge is 2.45. The summed E-state index contributed by atoms with van der Waals surface area (Å²) in [6.45, 7) is 2.91. The molecule has 1 aliphatic carbocycles. The van der Waals surface area contributed by atoms with E-state index in [1.807, 2.05) is 30.3 Å². The summed E-state index contributed by atoms with van der Waals surface area (Å²) in [5.74, 6) is 0.00124. The molecule has 130 valence electrons. The van der Waals surface area contributed by atoms with Gasteiger partial charge in [-0.05, 0) is 50.7 Å². The van der Waals surface area contributed by atoms with Crippen molar-refractivity contribution in [3.8, 4) is 0 Å². The van der Waals surface area contributed by atoms with E-state index in [2.05, 4.69) is 10.2 Å². The first-order chi connectivity index (χ1) is 11.7. The molecule has 1 saturated carbocycles. The molecule has 0 radical (unpaired) electrons. The molecule has 1 aromatic rings. The van der Waals surface area contributed by atoms with Crippen molar-refractivity contribution < 1.29 is 9.53 Å². The van der Waals surface area contributed by atoms with E-state index >= 15 is 0 Å². The van der Waals surface area contributed by atoms with Crippen LogP contribution in [-0.4, -0.2) is 48.2 Å². The predicted octanol–water partition coefficient (Wildman–Crippen LogP) is 2.98. The minimum atomic E-state index is 0.00124. The minimum absolute atomic E-state index is 0.00124. The van der Waals surface area contributed by atoms with Crippen LogP contribution < -0.4 is 5.32 Å². The lowest BCUT2D eigenvalue weighted by molar-refractivity contribution is -0.120. The molecule has 2 heterocycles. The number of likely N-dealkylation sites (tertiary alicyclic amines) is 1. The van der Waals surface area contributed by atoms with E-state index in [9.17, 15) is 4.79 Å². The van der Waals surface area contributed by atoms with Crippen LogP contribution in [0, 0.1) is 0 Å². The molecule has 1 aromatic carbocycles. The Labute approximate surface area is 144 Å². The molecular weight excluding hydrogens is 300 g/mol. The molecule has 3 fully saturated rings. The SMILES string of the molecule is O=C(NC[C@H]1CCC[C@]2(CCN(C3CCC3)C2)O1)c1ccccc1. The number of ether oxygens (including phenoxy) is 1. The van der Waals surface area contributed by atoms with Gasteiger partial charge in [0, 0.05) is 31.2 Å². The first-order valence-electron chi connectivity index (χ1n) is 9.49. The topological polar surface area (TPSA) is 41.6 Å². The molecule has 4 heteroatoms. The fourth-order valence-electron chi connectivity index (χ4n) is 4.40. The summed E-state index contributed by atoms with van der Waals surface area (Å²) in [4.78, 5) is 14.9. The molecule has 4 nitrogen and oxygen atoms in total. The van der Waals surface area contributed by atoms with Gasteiger partial charge in [-0.3, -0.25) is 9.69 Å². The molecule has 1 amide bonds. The standard InChI is InChI=1S/C20H28N2O2/c23-19(16-6-2-1-3-7-16)21-14-18-10-5-11-20(24-18)12-13-22(15-20)17-8-4-9-17/h1-3,6-7,17-18H,4-5,8-15H2,(H,21,23)/t18-,20-/m1/s1. The number of carbonyl (C=O) groups excluding carboxylic acids is 1. The van der Waals surface area contributed by atoms with Crippen LogP contribution in [-0.2, 0) is 4.74 Å². The zero-order valence-corrected chi connectivity index (χ0v) is 14.4. The molecule has 3 aliphatic rings. The van der Waals surface area contributed by atoms with E-state index in [0.717, 1.165) is 31.0 Å². The average molecular weight is 328 g/mol. The third-order valence-electron chi connectivity index (χ3n) is 6.04. The summed E-state index contributed by atoms with van der Waals surface area (Å²) >= 11 is 0. The molecule has 2 aliphatic heterocycles. The summed E-state index contributed by atoms with van der Waals surface area (Å²) in [7, 11) is 0. The van der Waals surface area contributed by atoms with Gasteiger partial charge in [0.1, 0.15) is 0 Å². The number of hydrogen-bond donors (Lipinski definition) is 1. The highest BCUT2D eigenvalue weighted by Crippen LogP contribution is 2.39. The first-order valence-corrected chi connectivity index (χ1v) is 9.49. The van der Waals surface area contributed by atoms with Crippen LogP contribution >= 0.6 is 0 Å². The maximum absolute atomic E-state index is 12.2. The largest absolute Gasteiger partial charge is 0.369 e. The van der Waals surface area contributed by atoms with Gasteiger partial charge in [0.15, 0.2) is 0 Å². The number of rotatable bonds is 4. The second-order valence-electron chi connectivity index (χ2n) is 7.70. The van der Waals surface area contributed by atoms with Gasteiger partial charge in [-0.25, -0.2) is 0 Å². The Balaban J connectivity index is 1.30. The molecule has 0 bridgehead atoms. The number of benzene rings is 1. The Kier molecular flexibility index (Phi) is 4.59. The monoisotopic (exact) mass is 328 g/mol. The highest BCUT2D eigenvalue weighted by molar-refractivity contribution is 5.94. The smallest absolute Gasteiger partial charge is 0.251 e. The van der Waals surface area contributed by atoms with Crippen LogP contribution in [0.5, 0.6) is 0 Å². The van der Waals surface area contributed by atoms with Crippen molar-refractivity contribution in [2.24, 2.45) is 0 Å². The van der Waals surface area contributed by atoms with E-state index in [0.29, 0.717) is 6.54 Å². The Morgan fingerprint density at radius 3 is 2.75 bits per heavy atom. The number of hydrogen-bond acceptors (Lipinski definition) is 3. The normalized spacial score (nSPS) is 31.1. The number of nitrogens with one attached hydrogen (secondary N) is 1. The second-order valence-corrected chi connectivity index (χ2v) is 7.70. The van der Waals surface area contributed by atoms with E-state index in [4.69, 9.17) is 4.74 Å². The summed E-state index contributed by atoms with van der Waals surface area (Å²) in [5, 5.41) is 3.05. The van der Waals surface area contributed by atoms with Gasteiger partial charge in [-0.1, -0.05) is 24.6 Å². The summed E-state index contributed by atoms with van der Waals surface area (Å²) < 4.78 is 6.51. The van der Waals surface area contributed by atoms with Crippen LogP contribution in [0.15, 0.2) is 30.3 Å². The summed E-state index contributed by atoms with van der Waals surface area (Å²) in [5.41, 5.74) is 0.774. The van der Waals surface area contributed by atoms with Crippen LogP contribution in [0.25, 0.3) is 0 Å². The van der Waals surface area contributed by atoms with Crippen molar-refractivity contribution in [3.05, 3.63) is 35.9 Å². The first kappa shape index (κ1) is 16.1. The van der Waals surface area contributed by atoms with Crippen molar-refractivity contribution >= 4 is 5.91 Å². The third-order valence-corrected chi connectivity index (χ3v) is 6.04. The van der Waals surface area contributed by atoms with Crippen molar-refractivity contribution in [1.29, 1.82) is 0 Å². The molecule has 4 rings (SSSR count). The molecular formula is C20H28N2O2. The quantitative estimate of drug-likeness (QED) is 0.924. The number of carbonyl (C=O) groups is 1. The fraction of sp³-hybridized carbons (Fsp3) is 0.650. The van der Waals surface area contributed by atoms with Crippen LogP contribution in [0.4, 0.5) is 0 Å². The summed E-state index contributed by atoms with van der Waals surface area (Å²) in [6.07, 6.45) is 8.90. The molecule has 1 spiro atoms. The van der Waals surface area contributed by atoms with Crippen LogP contribution in [0.2, 0.25) is 0 Å². The molecule has 1 N–H and O–H groups in total. The molecule has 2 saturated heterocycles. The number of nitrogens with zero attached hydrogens (tertiary/aromatic N) is 1. The van der Waals surface area contributed by atoms with Crippen molar-refractivity contribution in [1.82, 2.24) is 10.2 Å². The lowest BCUT2D eigenvalue weighted by atomic mass is 9.89. The van der Waals surface area contributed by atoms with Gasteiger partial charge in [0.25, 0.3) is 5.91 Å². The van der Waals surface area contributed by atoms with Crippen molar-refractivity contribution in [2.75, 3.05) is 19.6 Å².